The van der Waals surface area contributed by atoms with Crippen molar-refractivity contribution in [2.45, 2.75) is 44.4 Å². The summed E-state index contributed by atoms with van der Waals surface area (Å²) in [5, 5.41) is 14.9. The number of aromatic carboxylic acids is 1. The largest absolute Gasteiger partial charge is 0.478 e. The average molecular weight is 597 g/mol. The minimum atomic E-state index is -1.12. The molecule has 2 saturated heterocycles. The van der Waals surface area contributed by atoms with Gasteiger partial charge in [-0.2, -0.15) is 4.98 Å². The van der Waals surface area contributed by atoms with Gasteiger partial charge in [0.2, 0.25) is 0 Å². The van der Waals surface area contributed by atoms with Crippen LogP contribution < -0.4 is 16.3 Å². The van der Waals surface area contributed by atoms with Gasteiger partial charge in [0.1, 0.15) is 24.1 Å². The molecule has 2 fully saturated rings. The minimum Gasteiger partial charge on any atom is -0.478 e. The second-order valence-corrected chi connectivity index (χ2v) is 9.89. The van der Waals surface area contributed by atoms with Gasteiger partial charge in [-0.3, -0.25) is 9.88 Å². The first-order chi connectivity index (χ1) is 20.3. The highest BCUT2D eigenvalue weighted by molar-refractivity contribution is 6.31. The Hall–Kier alpha value is -4.07. The number of rotatable bonds is 10. The van der Waals surface area contributed by atoms with Crippen LogP contribution in [-0.2, 0) is 25.6 Å². The van der Waals surface area contributed by atoms with E-state index in [1.54, 1.807) is 25.1 Å². The van der Waals surface area contributed by atoms with Crippen LogP contribution in [0.1, 0.15) is 34.6 Å². The molecule has 0 saturated carbocycles. The number of hydrogen-bond donors (Lipinski definition) is 3. The monoisotopic (exact) mass is 596 g/mol. The quantitative estimate of drug-likeness (QED) is 0.318. The van der Waals surface area contributed by atoms with Gasteiger partial charge in [-0.05, 0) is 36.8 Å². The second kappa shape index (κ2) is 13.3. The molecule has 3 N–H and O–H groups in total. The number of carbonyl (C=O) groups is 2. The van der Waals surface area contributed by atoms with E-state index >= 15 is 0 Å². The van der Waals surface area contributed by atoms with Crippen molar-refractivity contribution in [2.75, 3.05) is 18.5 Å². The summed E-state index contributed by atoms with van der Waals surface area (Å²) in [7, 11) is 0. The molecule has 220 valence electrons. The summed E-state index contributed by atoms with van der Waals surface area (Å²) in [6, 6.07) is 15.2. The first-order valence-corrected chi connectivity index (χ1v) is 13.6. The molecule has 3 heterocycles. The molecule has 1 aromatic heterocycles. The van der Waals surface area contributed by atoms with Gasteiger partial charge < -0.3 is 29.4 Å². The van der Waals surface area contributed by atoms with E-state index in [2.05, 4.69) is 15.6 Å². The summed E-state index contributed by atoms with van der Waals surface area (Å²) in [6.45, 7) is 2.10. The molecule has 5 atom stereocenters. The number of anilines is 1. The fourth-order valence-corrected chi connectivity index (χ4v) is 4.97. The van der Waals surface area contributed by atoms with Crippen LogP contribution in [0.25, 0.3) is 6.08 Å². The third-order valence-corrected chi connectivity index (χ3v) is 7.03. The predicted molar refractivity (Wildman–Crippen MR) is 152 cm³/mol. The van der Waals surface area contributed by atoms with Gasteiger partial charge in [0.25, 0.3) is 0 Å². The van der Waals surface area contributed by atoms with Crippen molar-refractivity contribution in [1.82, 2.24) is 14.9 Å². The molecule has 2 amide bonds. The molecule has 2 aromatic carbocycles. The average Bonchev–Trinajstić information content (AvgIpc) is 3.53. The van der Waals surface area contributed by atoms with Crippen LogP contribution in [0.15, 0.2) is 71.7 Å². The Labute approximate surface area is 245 Å². The number of carbonyl (C=O) groups excluding carboxylic acids is 1. The normalized spacial score (nSPS) is 23.1. The number of urea groups is 1. The Morgan fingerprint density at radius 3 is 2.62 bits per heavy atom. The number of carboxylic acid groups (broad SMARTS) is 1. The predicted octanol–water partition coefficient (Wildman–Crippen LogP) is 3.67. The number of aromatic nitrogens is 2. The SMILES string of the molecule is CCNC(=O)Nc1ccn([C@@H]2O[C@H](COCc3c(Cl)cccc3C(=O)O)C3O[C@H](/C=C/c4ccccc4)O[C@@H]32)c(=O)n1. The first kappa shape index (κ1) is 29.4. The highest BCUT2D eigenvalue weighted by atomic mass is 35.5. The summed E-state index contributed by atoms with van der Waals surface area (Å²) >= 11 is 6.24. The number of carboxylic acids is 1. The summed E-state index contributed by atoms with van der Waals surface area (Å²) < 4.78 is 25.7. The Morgan fingerprint density at radius 2 is 1.88 bits per heavy atom. The van der Waals surface area contributed by atoms with Gasteiger partial charge in [0.05, 0.1) is 18.8 Å². The molecular weight excluding hydrogens is 568 g/mol. The van der Waals surface area contributed by atoms with Crippen LogP contribution in [0, 0.1) is 0 Å². The van der Waals surface area contributed by atoms with Crippen molar-refractivity contribution in [1.29, 1.82) is 0 Å². The van der Waals surface area contributed by atoms with Crippen molar-refractivity contribution in [3.05, 3.63) is 99.1 Å². The van der Waals surface area contributed by atoms with Crippen molar-refractivity contribution in [3.8, 4) is 0 Å². The zero-order chi connectivity index (χ0) is 29.6. The molecule has 2 aliphatic rings. The van der Waals surface area contributed by atoms with E-state index in [1.807, 2.05) is 36.4 Å². The zero-order valence-corrected chi connectivity index (χ0v) is 23.3. The number of ether oxygens (including phenoxy) is 4. The zero-order valence-electron chi connectivity index (χ0n) is 22.5. The Morgan fingerprint density at radius 1 is 1.10 bits per heavy atom. The van der Waals surface area contributed by atoms with E-state index in [1.165, 1.54) is 22.9 Å². The standard InChI is InChI=1S/C29H29ClN4O8/c1-2-31-28(37)32-22-13-14-34(29(38)33-22)26-25-24(41-23(42-25)12-11-17-7-4-3-5-8-17)21(40-26)16-39-15-19-18(27(35)36)9-6-10-20(19)30/h3-14,21,23-26H,2,15-16H2,1H3,(H,35,36)(H2,31,32,33,37,38)/b12-11+/t21-,23+,24?,25+,26-/m1/s1. The molecule has 5 rings (SSSR count). The minimum absolute atomic E-state index is 0.000560. The number of fused-ring (bicyclic) bond motifs is 1. The molecule has 3 aromatic rings. The Kier molecular flexibility index (Phi) is 9.30. The van der Waals surface area contributed by atoms with Crippen LogP contribution in [0.2, 0.25) is 5.02 Å². The summed E-state index contributed by atoms with van der Waals surface area (Å²) in [5.41, 5.74) is 0.666. The van der Waals surface area contributed by atoms with Crippen LogP contribution in [-0.4, -0.2) is 64.4 Å². The lowest BCUT2D eigenvalue weighted by Gasteiger charge is -2.21. The summed E-state index contributed by atoms with van der Waals surface area (Å²) in [5.74, 6) is -1.04. The van der Waals surface area contributed by atoms with Gasteiger partial charge in [0.15, 0.2) is 12.5 Å². The molecule has 0 aliphatic carbocycles. The van der Waals surface area contributed by atoms with E-state index < -0.39 is 48.5 Å². The fourth-order valence-electron chi connectivity index (χ4n) is 4.74. The van der Waals surface area contributed by atoms with Crippen LogP contribution in [0.3, 0.4) is 0 Å². The lowest BCUT2D eigenvalue weighted by atomic mass is 10.1. The molecule has 13 heteroatoms. The molecule has 12 nitrogen and oxygen atoms in total. The third-order valence-electron chi connectivity index (χ3n) is 6.67. The maximum absolute atomic E-state index is 13.0. The first-order valence-electron chi connectivity index (χ1n) is 13.3. The van der Waals surface area contributed by atoms with Crippen LogP contribution in [0.5, 0.6) is 0 Å². The lowest BCUT2D eigenvalue weighted by molar-refractivity contribution is -0.141. The second-order valence-electron chi connectivity index (χ2n) is 9.48. The Bertz CT molecular complexity index is 1510. The summed E-state index contributed by atoms with van der Waals surface area (Å²) in [6.07, 6.45) is 1.48. The van der Waals surface area contributed by atoms with E-state index in [0.29, 0.717) is 12.1 Å². The number of nitrogens with zero attached hydrogens (tertiary/aromatic N) is 2. The van der Waals surface area contributed by atoms with Crippen molar-refractivity contribution in [2.24, 2.45) is 0 Å². The summed E-state index contributed by atoms with van der Waals surface area (Å²) in [4.78, 5) is 40.4. The number of amides is 2. The van der Waals surface area contributed by atoms with Gasteiger partial charge in [-0.1, -0.05) is 54.1 Å². The molecule has 0 bridgehead atoms. The highest BCUT2D eigenvalue weighted by Crippen LogP contribution is 2.39. The van der Waals surface area contributed by atoms with Gasteiger partial charge in [-0.15, -0.1) is 0 Å². The van der Waals surface area contributed by atoms with Gasteiger partial charge in [-0.25, -0.2) is 14.4 Å². The van der Waals surface area contributed by atoms with E-state index in [0.717, 1.165) is 5.56 Å². The van der Waals surface area contributed by atoms with E-state index in [4.69, 9.17) is 30.5 Å². The number of hydrogen-bond acceptors (Lipinski definition) is 8. The van der Waals surface area contributed by atoms with E-state index in [-0.39, 0.29) is 29.6 Å². The maximum Gasteiger partial charge on any atom is 0.351 e. The molecule has 0 radical (unpaired) electrons. The number of benzene rings is 2. The fraction of sp³-hybridized carbons (Fsp3) is 0.310. The van der Waals surface area contributed by atoms with Gasteiger partial charge in [0, 0.05) is 23.3 Å². The van der Waals surface area contributed by atoms with Crippen molar-refractivity contribution in [3.63, 3.8) is 0 Å². The molecule has 1 unspecified atom stereocenters. The highest BCUT2D eigenvalue weighted by Gasteiger charge is 2.53. The molecule has 2 aliphatic heterocycles. The van der Waals surface area contributed by atoms with Crippen molar-refractivity contribution < 1.29 is 33.6 Å². The lowest BCUT2D eigenvalue weighted by Crippen LogP contribution is -2.35. The van der Waals surface area contributed by atoms with E-state index in [9.17, 15) is 19.5 Å². The smallest absolute Gasteiger partial charge is 0.351 e. The molecule has 42 heavy (non-hydrogen) atoms. The molecular formula is C29H29ClN4O8. The Balaban J connectivity index is 1.34. The third kappa shape index (κ3) is 6.69. The molecule has 0 spiro atoms. The van der Waals surface area contributed by atoms with Crippen molar-refractivity contribution >= 4 is 35.5 Å². The number of nitrogens with one attached hydrogen (secondary N) is 2. The maximum atomic E-state index is 13.0. The van der Waals surface area contributed by atoms with Crippen LogP contribution in [0.4, 0.5) is 10.6 Å². The van der Waals surface area contributed by atoms with Gasteiger partial charge >= 0.3 is 17.7 Å². The number of halogens is 1. The van der Waals surface area contributed by atoms with Crippen LogP contribution >= 0.6 is 11.6 Å². The topological polar surface area (TPSA) is 150 Å².